The summed E-state index contributed by atoms with van der Waals surface area (Å²) in [4.78, 5) is 36.6. The van der Waals surface area contributed by atoms with Crippen LogP contribution in [0.1, 0.15) is 0 Å². The summed E-state index contributed by atoms with van der Waals surface area (Å²) < 4.78 is 5.16. The summed E-state index contributed by atoms with van der Waals surface area (Å²) in [6.45, 7) is 0.310. The molecule has 1 aliphatic rings. The monoisotopic (exact) mass is 259 g/mol. The van der Waals surface area contributed by atoms with Crippen molar-refractivity contribution < 1.29 is 24.2 Å². The lowest BCUT2D eigenvalue weighted by atomic mass is 10.2. The molecule has 1 unspecified atom stereocenters. The summed E-state index contributed by atoms with van der Waals surface area (Å²) in [7, 11) is 2.85. The highest BCUT2D eigenvalue weighted by Gasteiger charge is 2.34. The molecule has 0 bridgehead atoms. The van der Waals surface area contributed by atoms with E-state index in [0.29, 0.717) is 6.61 Å². The molecule has 1 atom stereocenters. The molecule has 18 heavy (non-hydrogen) atoms. The number of nitrogens with one attached hydrogen (secondary N) is 1. The third kappa shape index (κ3) is 3.33. The molecule has 3 amide bonds. The van der Waals surface area contributed by atoms with Crippen molar-refractivity contribution in [2.24, 2.45) is 0 Å². The molecule has 2 N–H and O–H groups in total. The predicted octanol–water partition coefficient (Wildman–Crippen LogP) is -1.43. The average molecular weight is 259 g/mol. The molecule has 0 aliphatic carbocycles. The van der Waals surface area contributed by atoms with E-state index in [9.17, 15) is 14.4 Å². The topological polar surface area (TPSA) is 99.2 Å². The number of nitrogens with zero attached hydrogens (tertiary/aromatic N) is 2. The number of hydrogen-bond acceptors (Lipinski definition) is 4. The lowest BCUT2D eigenvalue weighted by Crippen LogP contribution is -2.58. The molecule has 0 spiro atoms. The van der Waals surface area contributed by atoms with Gasteiger partial charge in [-0.1, -0.05) is 0 Å². The zero-order valence-electron chi connectivity index (χ0n) is 10.4. The highest BCUT2D eigenvalue weighted by molar-refractivity contribution is 5.88. The van der Waals surface area contributed by atoms with Gasteiger partial charge in [0.15, 0.2) is 0 Å². The van der Waals surface area contributed by atoms with Crippen LogP contribution in [0.2, 0.25) is 0 Å². The van der Waals surface area contributed by atoms with Gasteiger partial charge < -0.3 is 25.0 Å². The van der Waals surface area contributed by atoms with E-state index in [0.717, 1.165) is 4.90 Å². The maximum atomic E-state index is 12.0. The van der Waals surface area contributed by atoms with Gasteiger partial charge in [0.1, 0.15) is 12.6 Å². The number of carbonyl (C=O) groups is 3. The van der Waals surface area contributed by atoms with Crippen LogP contribution in [-0.4, -0.2) is 79.3 Å². The standard InChI is InChI=1S/C10H17N3O5/c1-11-9(16)7-6-18-4-3-13(7)10(17)12(2)5-8(14)15/h7H,3-6H2,1-2H3,(H,11,16)(H,14,15). The largest absolute Gasteiger partial charge is 0.480 e. The Morgan fingerprint density at radius 2 is 2.17 bits per heavy atom. The second-order valence-electron chi connectivity index (χ2n) is 3.93. The van der Waals surface area contributed by atoms with Crippen LogP contribution in [0.15, 0.2) is 0 Å². The van der Waals surface area contributed by atoms with Crippen LogP contribution in [0.5, 0.6) is 0 Å². The van der Waals surface area contributed by atoms with E-state index in [1.54, 1.807) is 0 Å². The molecule has 0 radical (unpaired) electrons. The van der Waals surface area contributed by atoms with Crippen molar-refractivity contribution in [2.75, 3.05) is 40.4 Å². The first-order valence-corrected chi connectivity index (χ1v) is 5.50. The molecule has 1 fully saturated rings. The van der Waals surface area contributed by atoms with Gasteiger partial charge in [-0.2, -0.15) is 0 Å². The number of carboxylic acid groups (broad SMARTS) is 1. The summed E-state index contributed by atoms with van der Waals surface area (Å²) >= 11 is 0. The average Bonchev–Trinajstić information content (AvgIpc) is 2.36. The predicted molar refractivity (Wildman–Crippen MR) is 61.0 cm³/mol. The molecule has 1 rings (SSSR count). The van der Waals surface area contributed by atoms with Crippen LogP contribution in [0, 0.1) is 0 Å². The highest BCUT2D eigenvalue weighted by Crippen LogP contribution is 2.10. The van der Waals surface area contributed by atoms with Gasteiger partial charge in [0.05, 0.1) is 13.2 Å². The number of carboxylic acids is 1. The van der Waals surface area contributed by atoms with Crippen LogP contribution in [0.4, 0.5) is 4.79 Å². The zero-order chi connectivity index (χ0) is 13.7. The first-order valence-electron chi connectivity index (χ1n) is 5.50. The van der Waals surface area contributed by atoms with E-state index in [1.165, 1.54) is 19.0 Å². The van der Waals surface area contributed by atoms with Crippen molar-refractivity contribution in [2.45, 2.75) is 6.04 Å². The summed E-state index contributed by atoms with van der Waals surface area (Å²) in [5.41, 5.74) is 0. The molecule has 102 valence electrons. The van der Waals surface area contributed by atoms with E-state index in [-0.39, 0.29) is 19.1 Å². The first kappa shape index (κ1) is 14.2. The molecular weight excluding hydrogens is 242 g/mol. The molecule has 8 heteroatoms. The molecular formula is C10H17N3O5. The smallest absolute Gasteiger partial charge is 0.323 e. The molecule has 1 aliphatic heterocycles. The number of aliphatic carboxylic acids is 1. The third-order valence-electron chi connectivity index (χ3n) is 2.62. The highest BCUT2D eigenvalue weighted by atomic mass is 16.5. The minimum atomic E-state index is -1.10. The third-order valence-corrected chi connectivity index (χ3v) is 2.62. The molecule has 0 aromatic heterocycles. The van der Waals surface area contributed by atoms with Crippen molar-refractivity contribution in [3.8, 4) is 0 Å². The van der Waals surface area contributed by atoms with E-state index < -0.39 is 24.6 Å². The van der Waals surface area contributed by atoms with Crippen LogP contribution >= 0.6 is 0 Å². The van der Waals surface area contributed by atoms with Gasteiger partial charge in [-0.25, -0.2) is 4.79 Å². The van der Waals surface area contributed by atoms with Gasteiger partial charge in [-0.05, 0) is 0 Å². The molecule has 1 saturated heterocycles. The van der Waals surface area contributed by atoms with Crippen molar-refractivity contribution in [1.82, 2.24) is 15.1 Å². The van der Waals surface area contributed by atoms with Gasteiger partial charge in [0.2, 0.25) is 5.91 Å². The fraction of sp³-hybridized carbons (Fsp3) is 0.700. The number of rotatable bonds is 3. The number of hydrogen-bond donors (Lipinski definition) is 2. The normalized spacial score (nSPS) is 19.2. The second-order valence-corrected chi connectivity index (χ2v) is 3.93. The Bertz CT molecular complexity index is 346. The number of likely N-dealkylation sites (N-methyl/N-ethyl adjacent to an activating group) is 2. The summed E-state index contributed by atoms with van der Waals surface area (Å²) in [5, 5.41) is 11.1. The minimum Gasteiger partial charge on any atom is -0.480 e. The number of amides is 3. The van der Waals surface area contributed by atoms with Crippen molar-refractivity contribution in [3.63, 3.8) is 0 Å². The lowest BCUT2D eigenvalue weighted by molar-refractivity contribution is -0.137. The number of morpholine rings is 1. The van der Waals surface area contributed by atoms with Gasteiger partial charge in [-0.15, -0.1) is 0 Å². The molecule has 0 saturated carbocycles. The van der Waals surface area contributed by atoms with Crippen LogP contribution in [0.25, 0.3) is 0 Å². The van der Waals surface area contributed by atoms with Gasteiger partial charge in [0, 0.05) is 20.6 Å². The van der Waals surface area contributed by atoms with Gasteiger partial charge >= 0.3 is 12.0 Å². The quantitative estimate of drug-likeness (QED) is 0.647. The molecule has 0 aromatic rings. The molecule has 0 aromatic carbocycles. The zero-order valence-corrected chi connectivity index (χ0v) is 10.4. The van der Waals surface area contributed by atoms with E-state index in [2.05, 4.69) is 5.32 Å². The maximum Gasteiger partial charge on any atom is 0.323 e. The lowest BCUT2D eigenvalue weighted by Gasteiger charge is -2.36. The van der Waals surface area contributed by atoms with Crippen molar-refractivity contribution >= 4 is 17.9 Å². The summed E-state index contributed by atoms with van der Waals surface area (Å²) in [6, 6.07) is -1.21. The fourth-order valence-electron chi connectivity index (χ4n) is 1.71. The number of carbonyl (C=O) groups excluding carboxylic acids is 2. The van der Waals surface area contributed by atoms with Crippen molar-refractivity contribution in [1.29, 1.82) is 0 Å². The van der Waals surface area contributed by atoms with E-state index >= 15 is 0 Å². The summed E-state index contributed by atoms with van der Waals surface area (Å²) in [6.07, 6.45) is 0. The van der Waals surface area contributed by atoms with Crippen LogP contribution < -0.4 is 5.32 Å². The first-order chi connectivity index (χ1) is 8.47. The SMILES string of the molecule is CNC(=O)C1COCCN1C(=O)N(C)CC(=O)O. The number of urea groups is 1. The van der Waals surface area contributed by atoms with Crippen molar-refractivity contribution in [3.05, 3.63) is 0 Å². The van der Waals surface area contributed by atoms with Crippen LogP contribution in [-0.2, 0) is 14.3 Å². The Kier molecular flexibility index (Phi) is 4.90. The Morgan fingerprint density at radius 3 is 2.72 bits per heavy atom. The molecule has 1 heterocycles. The Hall–Kier alpha value is -1.83. The van der Waals surface area contributed by atoms with E-state index in [1.807, 2.05) is 0 Å². The Balaban J connectivity index is 2.73. The van der Waals surface area contributed by atoms with Gasteiger partial charge in [0.25, 0.3) is 0 Å². The fourth-order valence-corrected chi connectivity index (χ4v) is 1.71. The maximum absolute atomic E-state index is 12.0. The van der Waals surface area contributed by atoms with Crippen LogP contribution in [0.3, 0.4) is 0 Å². The number of ether oxygens (including phenoxy) is 1. The summed E-state index contributed by atoms with van der Waals surface area (Å²) in [5.74, 6) is -1.43. The second kappa shape index (κ2) is 6.20. The minimum absolute atomic E-state index is 0.117. The van der Waals surface area contributed by atoms with Gasteiger partial charge in [-0.3, -0.25) is 9.59 Å². The van der Waals surface area contributed by atoms with E-state index in [4.69, 9.17) is 9.84 Å². The Labute approximate surface area is 104 Å². The Morgan fingerprint density at radius 1 is 1.50 bits per heavy atom. The molecule has 8 nitrogen and oxygen atoms in total.